The lowest BCUT2D eigenvalue weighted by Crippen LogP contribution is -2.20. The van der Waals surface area contributed by atoms with E-state index in [1.807, 2.05) is 42.5 Å². The molecule has 3 heterocycles. The molecule has 0 spiro atoms. The van der Waals surface area contributed by atoms with Crippen molar-refractivity contribution in [3.05, 3.63) is 83.9 Å². The molecule has 0 aliphatic carbocycles. The summed E-state index contributed by atoms with van der Waals surface area (Å²) in [7, 11) is 0. The fourth-order valence-corrected chi connectivity index (χ4v) is 4.21. The Kier molecular flexibility index (Phi) is 4.75. The Hall–Kier alpha value is -3.54. The van der Waals surface area contributed by atoms with Gasteiger partial charge in [0.25, 0.3) is 0 Å². The van der Waals surface area contributed by atoms with Crippen LogP contribution in [0.3, 0.4) is 0 Å². The third kappa shape index (κ3) is 3.45. The number of para-hydroxylation sites is 1. The van der Waals surface area contributed by atoms with Crippen molar-refractivity contribution in [2.24, 2.45) is 4.99 Å². The van der Waals surface area contributed by atoms with E-state index in [-0.39, 0.29) is 11.7 Å². The summed E-state index contributed by atoms with van der Waals surface area (Å²) in [6, 6.07) is 18.4. The molecule has 2 aromatic carbocycles. The van der Waals surface area contributed by atoms with Crippen LogP contribution in [0.15, 0.2) is 71.9 Å². The molecule has 150 valence electrons. The maximum Gasteiger partial charge on any atom is 0.237 e. The molecular weight excluding hydrogens is 379 g/mol. The smallest absolute Gasteiger partial charge is 0.237 e. The van der Waals surface area contributed by atoms with Crippen molar-refractivity contribution < 1.29 is 9.18 Å². The van der Waals surface area contributed by atoms with Gasteiger partial charge in [0.1, 0.15) is 11.7 Å². The second-order valence-electron chi connectivity index (χ2n) is 7.65. The van der Waals surface area contributed by atoms with Crippen LogP contribution in [0.4, 0.5) is 21.5 Å². The van der Waals surface area contributed by atoms with Crippen LogP contribution in [0, 0.1) is 5.82 Å². The minimum atomic E-state index is -0.457. The van der Waals surface area contributed by atoms with E-state index in [4.69, 9.17) is 0 Å². The van der Waals surface area contributed by atoms with Crippen LogP contribution in [0.5, 0.6) is 0 Å². The van der Waals surface area contributed by atoms with Gasteiger partial charge in [0.05, 0.1) is 11.4 Å². The summed E-state index contributed by atoms with van der Waals surface area (Å²) >= 11 is 0. The standard InChI is InChI=1S/C24H21FN4O/c25-20-13-17(27-14-19-18-5-1-2-7-22(18)28-24(19)30)8-9-23(20)29-12-10-16(15-29)21-6-3-4-11-26-21/h1-9,11,13-14,16,19H,10,12,15H2,(H,28,30). The Morgan fingerprint density at radius 3 is 2.83 bits per heavy atom. The Morgan fingerprint density at radius 2 is 2.00 bits per heavy atom. The molecular formula is C24H21FN4O. The number of aromatic nitrogens is 1. The predicted octanol–water partition coefficient (Wildman–Crippen LogP) is 4.65. The van der Waals surface area contributed by atoms with Gasteiger partial charge in [-0.1, -0.05) is 24.3 Å². The molecule has 0 saturated carbocycles. The summed E-state index contributed by atoms with van der Waals surface area (Å²) in [6.07, 6.45) is 4.34. The lowest BCUT2D eigenvalue weighted by Gasteiger charge is -2.19. The van der Waals surface area contributed by atoms with Crippen molar-refractivity contribution in [3.63, 3.8) is 0 Å². The van der Waals surface area contributed by atoms with Crippen LogP contribution in [-0.4, -0.2) is 30.2 Å². The zero-order chi connectivity index (χ0) is 20.5. The number of nitrogens with one attached hydrogen (secondary N) is 1. The minimum Gasteiger partial charge on any atom is -0.368 e. The number of nitrogens with zero attached hydrogens (tertiary/aromatic N) is 3. The number of carbonyl (C=O) groups is 1. The molecule has 1 aromatic heterocycles. The van der Waals surface area contributed by atoms with Crippen molar-refractivity contribution >= 4 is 29.2 Å². The fraction of sp³-hybridized carbons (Fsp3) is 0.208. The molecule has 2 aliphatic rings. The number of carbonyl (C=O) groups excluding carboxylic acids is 1. The highest BCUT2D eigenvalue weighted by molar-refractivity contribution is 6.12. The molecule has 1 N–H and O–H groups in total. The molecule has 1 amide bonds. The normalized spacial score (nSPS) is 20.6. The van der Waals surface area contributed by atoms with Crippen LogP contribution in [0.1, 0.15) is 29.5 Å². The van der Waals surface area contributed by atoms with E-state index < -0.39 is 5.92 Å². The van der Waals surface area contributed by atoms with Gasteiger partial charge in [0, 0.05) is 48.9 Å². The van der Waals surface area contributed by atoms with Gasteiger partial charge in [0.15, 0.2) is 0 Å². The molecule has 1 fully saturated rings. The monoisotopic (exact) mass is 400 g/mol. The SMILES string of the molecule is O=C1Nc2ccccc2C1C=Nc1ccc(N2CCC(c3ccccn3)C2)c(F)c1. The molecule has 1 saturated heterocycles. The quantitative estimate of drug-likeness (QED) is 0.649. The van der Waals surface area contributed by atoms with Crippen LogP contribution >= 0.6 is 0 Å². The number of halogens is 1. The number of pyridine rings is 1. The average molecular weight is 400 g/mol. The second-order valence-corrected chi connectivity index (χ2v) is 7.65. The van der Waals surface area contributed by atoms with Crippen molar-refractivity contribution in [1.82, 2.24) is 4.98 Å². The van der Waals surface area contributed by atoms with Crippen molar-refractivity contribution in [2.75, 3.05) is 23.3 Å². The number of hydrogen-bond acceptors (Lipinski definition) is 4. The molecule has 30 heavy (non-hydrogen) atoms. The Balaban J connectivity index is 1.31. The van der Waals surface area contributed by atoms with Gasteiger partial charge >= 0.3 is 0 Å². The Bertz CT molecular complexity index is 1120. The highest BCUT2D eigenvalue weighted by Gasteiger charge is 2.29. The lowest BCUT2D eigenvalue weighted by molar-refractivity contribution is -0.115. The molecule has 5 nitrogen and oxygen atoms in total. The number of anilines is 2. The lowest BCUT2D eigenvalue weighted by atomic mass is 10.0. The van der Waals surface area contributed by atoms with Gasteiger partial charge in [-0.25, -0.2) is 4.39 Å². The first-order chi connectivity index (χ1) is 14.7. The third-order valence-corrected chi connectivity index (χ3v) is 5.78. The average Bonchev–Trinajstić information content (AvgIpc) is 3.37. The number of benzene rings is 2. The summed E-state index contributed by atoms with van der Waals surface area (Å²) in [5, 5.41) is 2.84. The number of hydrogen-bond donors (Lipinski definition) is 1. The van der Waals surface area contributed by atoms with Crippen molar-refractivity contribution in [1.29, 1.82) is 0 Å². The first kappa shape index (κ1) is 18.5. The number of aliphatic imine (C=N–C) groups is 1. The van der Waals surface area contributed by atoms with Gasteiger partial charge in [-0.15, -0.1) is 0 Å². The van der Waals surface area contributed by atoms with E-state index in [2.05, 4.69) is 20.2 Å². The van der Waals surface area contributed by atoms with Crippen molar-refractivity contribution in [3.8, 4) is 0 Å². The molecule has 5 rings (SSSR count). The van der Waals surface area contributed by atoms with Crippen LogP contribution < -0.4 is 10.2 Å². The highest BCUT2D eigenvalue weighted by atomic mass is 19.1. The molecule has 3 aromatic rings. The summed E-state index contributed by atoms with van der Waals surface area (Å²) in [6.45, 7) is 1.54. The van der Waals surface area contributed by atoms with E-state index in [1.165, 1.54) is 6.07 Å². The fourth-order valence-electron chi connectivity index (χ4n) is 4.21. The van der Waals surface area contributed by atoms with Gasteiger partial charge < -0.3 is 10.2 Å². The molecule has 0 radical (unpaired) electrons. The van der Waals surface area contributed by atoms with Gasteiger partial charge in [-0.05, 0) is 42.3 Å². The minimum absolute atomic E-state index is 0.116. The van der Waals surface area contributed by atoms with Gasteiger partial charge in [0.2, 0.25) is 5.91 Å². The van der Waals surface area contributed by atoms with E-state index in [1.54, 1.807) is 24.5 Å². The number of rotatable bonds is 4. The Morgan fingerprint density at radius 1 is 1.13 bits per heavy atom. The van der Waals surface area contributed by atoms with E-state index in [0.29, 0.717) is 17.3 Å². The topological polar surface area (TPSA) is 57.6 Å². The largest absolute Gasteiger partial charge is 0.368 e. The molecule has 2 atom stereocenters. The number of fused-ring (bicyclic) bond motifs is 1. The van der Waals surface area contributed by atoms with E-state index in [0.717, 1.165) is 36.5 Å². The van der Waals surface area contributed by atoms with E-state index >= 15 is 0 Å². The van der Waals surface area contributed by atoms with E-state index in [9.17, 15) is 9.18 Å². The maximum atomic E-state index is 14.8. The summed E-state index contributed by atoms with van der Waals surface area (Å²) in [5.74, 6) is -0.567. The van der Waals surface area contributed by atoms with Gasteiger partial charge in [-0.2, -0.15) is 0 Å². The third-order valence-electron chi connectivity index (χ3n) is 5.78. The summed E-state index contributed by atoms with van der Waals surface area (Å²) in [4.78, 5) is 23.1. The highest BCUT2D eigenvalue weighted by Crippen LogP contribution is 2.34. The molecule has 2 unspecified atom stereocenters. The van der Waals surface area contributed by atoms with Crippen LogP contribution in [0.25, 0.3) is 0 Å². The zero-order valence-electron chi connectivity index (χ0n) is 16.3. The maximum absolute atomic E-state index is 14.8. The predicted molar refractivity (Wildman–Crippen MR) is 116 cm³/mol. The zero-order valence-corrected chi connectivity index (χ0v) is 16.3. The Labute approximate surface area is 174 Å². The van der Waals surface area contributed by atoms with Crippen LogP contribution in [0.2, 0.25) is 0 Å². The molecule has 0 bridgehead atoms. The van der Waals surface area contributed by atoms with Gasteiger partial charge in [-0.3, -0.25) is 14.8 Å². The molecule has 2 aliphatic heterocycles. The summed E-state index contributed by atoms with van der Waals surface area (Å²) < 4.78 is 14.8. The van der Waals surface area contributed by atoms with Crippen molar-refractivity contribution in [2.45, 2.75) is 18.3 Å². The first-order valence-corrected chi connectivity index (χ1v) is 10.1. The summed E-state index contributed by atoms with van der Waals surface area (Å²) in [5.41, 5.74) is 3.82. The molecule has 6 heteroatoms. The number of amides is 1. The van der Waals surface area contributed by atoms with Crippen LogP contribution in [-0.2, 0) is 4.79 Å². The first-order valence-electron chi connectivity index (χ1n) is 10.1. The second kappa shape index (κ2) is 7.71.